The van der Waals surface area contributed by atoms with Gasteiger partial charge < -0.3 is 15.5 Å². The fraction of sp³-hybridized carbons (Fsp3) is 0.133. The van der Waals surface area contributed by atoms with E-state index < -0.39 is 0 Å². The van der Waals surface area contributed by atoms with E-state index in [0.717, 1.165) is 46.9 Å². The van der Waals surface area contributed by atoms with Crippen LogP contribution in [0.25, 0.3) is 22.4 Å². The molecule has 3 N–H and O–H groups in total. The number of aromatic amines is 1. The van der Waals surface area contributed by atoms with Crippen molar-refractivity contribution < 1.29 is 4.74 Å². The van der Waals surface area contributed by atoms with Gasteiger partial charge in [-0.3, -0.25) is 0 Å². The first-order valence-electron chi connectivity index (χ1n) is 6.31. The Kier molecular flexibility index (Phi) is 2.06. The highest BCUT2D eigenvalue weighted by atomic mass is 16.5. The van der Waals surface area contributed by atoms with Crippen LogP contribution in [0.5, 0.6) is 5.75 Å². The number of fused-ring (bicyclic) bond motifs is 2. The lowest BCUT2D eigenvalue weighted by Crippen LogP contribution is -1.85. The maximum absolute atomic E-state index is 5.78. The molecule has 2 aromatic carbocycles. The minimum Gasteiger partial charge on any atom is -0.493 e. The molecule has 0 bridgehead atoms. The van der Waals surface area contributed by atoms with E-state index in [4.69, 9.17) is 10.5 Å². The third-order valence-corrected chi connectivity index (χ3v) is 3.47. The van der Waals surface area contributed by atoms with Crippen LogP contribution in [0.3, 0.4) is 0 Å². The predicted molar refractivity (Wildman–Crippen MR) is 75.1 cm³/mol. The third kappa shape index (κ3) is 1.64. The fourth-order valence-corrected chi connectivity index (χ4v) is 2.50. The van der Waals surface area contributed by atoms with Gasteiger partial charge in [0, 0.05) is 17.7 Å². The number of ether oxygens (including phenoxy) is 1. The van der Waals surface area contributed by atoms with E-state index in [0.29, 0.717) is 0 Å². The minimum atomic E-state index is 0.741. The largest absolute Gasteiger partial charge is 0.493 e. The molecular formula is C15H13N3O. The van der Waals surface area contributed by atoms with Crippen molar-refractivity contribution in [1.29, 1.82) is 0 Å². The number of nitrogens with zero attached hydrogens (tertiary/aromatic N) is 1. The average Bonchev–Trinajstić information content (AvgIpc) is 3.02. The van der Waals surface area contributed by atoms with Crippen LogP contribution in [0.4, 0.5) is 5.69 Å². The Labute approximate surface area is 110 Å². The fourth-order valence-electron chi connectivity index (χ4n) is 2.50. The molecule has 4 nitrogen and oxygen atoms in total. The van der Waals surface area contributed by atoms with Gasteiger partial charge in [0.25, 0.3) is 0 Å². The molecule has 0 radical (unpaired) electrons. The lowest BCUT2D eigenvalue weighted by molar-refractivity contribution is 0.357. The second kappa shape index (κ2) is 3.75. The molecule has 0 saturated carbocycles. The van der Waals surface area contributed by atoms with Crippen molar-refractivity contribution in [3.63, 3.8) is 0 Å². The van der Waals surface area contributed by atoms with Crippen molar-refractivity contribution in [2.45, 2.75) is 6.42 Å². The topological polar surface area (TPSA) is 63.9 Å². The first-order valence-corrected chi connectivity index (χ1v) is 6.31. The summed E-state index contributed by atoms with van der Waals surface area (Å²) in [6.45, 7) is 0.773. The number of hydrogen-bond donors (Lipinski definition) is 2. The van der Waals surface area contributed by atoms with E-state index in [-0.39, 0.29) is 0 Å². The lowest BCUT2D eigenvalue weighted by Gasteiger charge is -2.01. The van der Waals surface area contributed by atoms with Gasteiger partial charge in [0.1, 0.15) is 11.6 Å². The minimum absolute atomic E-state index is 0.741. The van der Waals surface area contributed by atoms with Crippen LogP contribution in [-0.2, 0) is 6.42 Å². The van der Waals surface area contributed by atoms with Crippen LogP contribution < -0.4 is 10.5 Å². The lowest BCUT2D eigenvalue weighted by atomic mass is 10.1. The SMILES string of the molecule is Nc1ccc2nc(-c3ccc4c(c3)CCO4)[nH]c2c1. The zero-order chi connectivity index (χ0) is 12.8. The molecule has 0 atom stereocenters. The second-order valence-corrected chi connectivity index (χ2v) is 4.78. The van der Waals surface area contributed by atoms with Gasteiger partial charge in [0.15, 0.2) is 0 Å². The Morgan fingerprint density at radius 1 is 1.16 bits per heavy atom. The number of hydrogen-bond acceptors (Lipinski definition) is 3. The first kappa shape index (κ1) is 10.4. The third-order valence-electron chi connectivity index (χ3n) is 3.47. The average molecular weight is 251 g/mol. The predicted octanol–water partition coefficient (Wildman–Crippen LogP) is 2.75. The molecule has 0 fully saturated rings. The van der Waals surface area contributed by atoms with E-state index in [1.807, 2.05) is 30.3 Å². The van der Waals surface area contributed by atoms with Gasteiger partial charge in [-0.15, -0.1) is 0 Å². The number of aromatic nitrogens is 2. The van der Waals surface area contributed by atoms with Crippen molar-refractivity contribution in [2.75, 3.05) is 12.3 Å². The molecule has 94 valence electrons. The standard InChI is InChI=1S/C15H13N3O/c16-11-2-3-12-13(8-11)18-15(17-12)10-1-4-14-9(7-10)5-6-19-14/h1-4,7-8H,5-6,16H2,(H,17,18). The van der Waals surface area contributed by atoms with Crippen LogP contribution in [0.2, 0.25) is 0 Å². The number of imidazole rings is 1. The van der Waals surface area contributed by atoms with Gasteiger partial charge in [-0.2, -0.15) is 0 Å². The van der Waals surface area contributed by atoms with E-state index in [2.05, 4.69) is 16.0 Å². The molecule has 19 heavy (non-hydrogen) atoms. The molecule has 1 aliphatic rings. The Morgan fingerprint density at radius 2 is 2.11 bits per heavy atom. The Balaban J connectivity index is 1.85. The highest BCUT2D eigenvalue weighted by Gasteiger charge is 2.14. The van der Waals surface area contributed by atoms with Crippen LogP contribution in [-0.4, -0.2) is 16.6 Å². The summed E-state index contributed by atoms with van der Waals surface area (Å²) in [6.07, 6.45) is 0.969. The van der Waals surface area contributed by atoms with Gasteiger partial charge >= 0.3 is 0 Å². The van der Waals surface area contributed by atoms with E-state index in [1.54, 1.807) is 0 Å². The molecule has 2 heterocycles. The molecule has 0 spiro atoms. The molecule has 0 amide bonds. The molecule has 4 rings (SSSR count). The summed E-state index contributed by atoms with van der Waals surface area (Å²) in [5, 5.41) is 0. The maximum atomic E-state index is 5.78. The molecule has 0 aliphatic carbocycles. The molecular weight excluding hydrogens is 238 g/mol. The number of nitrogen functional groups attached to an aromatic ring is 1. The Bertz CT molecular complexity index is 776. The molecule has 0 unspecified atom stereocenters. The number of rotatable bonds is 1. The van der Waals surface area contributed by atoms with Gasteiger partial charge in [0.2, 0.25) is 0 Å². The highest BCUT2D eigenvalue weighted by Crippen LogP contribution is 2.30. The number of anilines is 1. The van der Waals surface area contributed by atoms with Crippen LogP contribution in [0.1, 0.15) is 5.56 Å². The zero-order valence-electron chi connectivity index (χ0n) is 10.3. The number of nitrogens with one attached hydrogen (secondary N) is 1. The monoisotopic (exact) mass is 251 g/mol. The summed E-state index contributed by atoms with van der Waals surface area (Å²) in [4.78, 5) is 7.91. The summed E-state index contributed by atoms with van der Waals surface area (Å²) in [5.74, 6) is 1.86. The second-order valence-electron chi connectivity index (χ2n) is 4.78. The highest BCUT2D eigenvalue weighted by molar-refractivity contribution is 5.82. The Morgan fingerprint density at radius 3 is 3.05 bits per heavy atom. The number of nitrogens with two attached hydrogens (primary N) is 1. The summed E-state index contributed by atoms with van der Waals surface area (Å²) >= 11 is 0. The van der Waals surface area contributed by atoms with Crippen LogP contribution in [0, 0.1) is 0 Å². The summed E-state index contributed by atoms with van der Waals surface area (Å²) in [7, 11) is 0. The van der Waals surface area contributed by atoms with Crippen molar-refractivity contribution >= 4 is 16.7 Å². The molecule has 1 aromatic heterocycles. The summed E-state index contributed by atoms with van der Waals surface area (Å²) < 4.78 is 5.52. The molecule has 1 aliphatic heterocycles. The smallest absolute Gasteiger partial charge is 0.138 e. The van der Waals surface area contributed by atoms with Gasteiger partial charge in [0.05, 0.1) is 17.6 Å². The first-order chi connectivity index (χ1) is 9.29. The van der Waals surface area contributed by atoms with Crippen LogP contribution in [0.15, 0.2) is 36.4 Å². The van der Waals surface area contributed by atoms with E-state index in [1.165, 1.54) is 5.56 Å². The van der Waals surface area contributed by atoms with Crippen molar-refractivity contribution in [2.24, 2.45) is 0 Å². The number of benzene rings is 2. The Hall–Kier alpha value is -2.49. The molecule has 4 heteroatoms. The van der Waals surface area contributed by atoms with Crippen molar-refractivity contribution in [3.05, 3.63) is 42.0 Å². The molecule has 0 saturated heterocycles. The van der Waals surface area contributed by atoms with Gasteiger partial charge in [-0.25, -0.2) is 4.98 Å². The van der Waals surface area contributed by atoms with E-state index >= 15 is 0 Å². The normalized spacial score (nSPS) is 13.5. The quantitative estimate of drug-likeness (QED) is 0.654. The van der Waals surface area contributed by atoms with E-state index in [9.17, 15) is 0 Å². The summed E-state index contributed by atoms with van der Waals surface area (Å²) in [5.41, 5.74) is 10.7. The summed E-state index contributed by atoms with van der Waals surface area (Å²) in [6, 6.07) is 11.9. The van der Waals surface area contributed by atoms with Gasteiger partial charge in [-0.1, -0.05) is 0 Å². The zero-order valence-corrected chi connectivity index (χ0v) is 10.3. The molecule has 3 aromatic rings. The van der Waals surface area contributed by atoms with Crippen LogP contribution >= 0.6 is 0 Å². The van der Waals surface area contributed by atoms with Crippen molar-refractivity contribution in [1.82, 2.24) is 9.97 Å². The van der Waals surface area contributed by atoms with Crippen molar-refractivity contribution in [3.8, 4) is 17.1 Å². The number of H-pyrrole nitrogens is 1. The van der Waals surface area contributed by atoms with Gasteiger partial charge in [-0.05, 0) is 42.0 Å². The maximum Gasteiger partial charge on any atom is 0.138 e.